The third-order valence-corrected chi connectivity index (χ3v) is 6.11. The van der Waals surface area contributed by atoms with Crippen molar-refractivity contribution in [1.82, 2.24) is 20.2 Å². The molecule has 29 heavy (non-hydrogen) atoms. The number of nitrogens with zero attached hydrogens (tertiary/aromatic N) is 4. The Bertz CT molecular complexity index is 838. The normalized spacial score (nSPS) is 23.8. The molecule has 4 heterocycles. The van der Waals surface area contributed by atoms with Crippen LogP contribution in [-0.2, 0) is 17.7 Å². The van der Waals surface area contributed by atoms with E-state index in [9.17, 15) is 8.78 Å². The van der Waals surface area contributed by atoms with Crippen molar-refractivity contribution in [1.29, 1.82) is 0 Å². The van der Waals surface area contributed by atoms with Crippen molar-refractivity contribution >= 4 is 11.6 Å². The van der Waals surface area contributed by atoms with E-state index in [4.69, 9.17) is 9.72 Å². The minimum Gasteiger partial charge on any atom is -0.381 e. The maximum absolute atomic E-state index is 12.9. The van der Waals surface area contributed by atoms with Crippen LogP contribution < -0.4 is 5.32 Å². The van der Waals surface area contributed by atoms with Crippen LogP contribution in [0.2, 0.25) is 0 Å². The number of quaternary nitrogens is 1. The molecule has 0 amide bonds. The van der Waals surface area contributed by atoms with Gasteiger partial charge in [0.15, 0.2) is 5.82 Å². The molecule has 1 fully saturated rings. The van der Waals surface area contributed by atoms with Crippen LogP contribution in [0, 0.1) is 5.92 Å². The minimum atomic E-state index is -2.43. The Morgan fingerprint density at radius 3 is 2.83 bits per heavy atom. The number of alkyl halides is 2. The van der Waals surface area contributed by atoms with E-state index in [-0.39, 0.29) is 0 Å². The molecule has 158 valence electrons. The van der Waals surface area contributed by atoms with Gasteiger partial charge in [-0.3, -0.25) is 5.10 Å². The van der Waals surface area contributed by atoms with E-state index in [1.165, 1.54) is 6.92 Å². The summed E-state index contributed by atoms with van der Waals surface area (Å²) < 4.78 is 32.2. The first kappa shape index (κ1) is 20.2. The fraction of sp³-hybridized carbons (Fsp3) is 0.650. The Morgan fingerprint density at radius 1 is 1.28 bits per heavy atom. The third kappa shape index (κ3) is 4.72. The van der Waals surface area contributed by atoms with Gasteiger partial charge in [0.1, 0.15) is 18.1 Å². The molecular formula is C20H29F2N6O+. The zero-order valence-electron chi connectivity index (χ0n) is 17.0. The van der Waals surface area contributed by atoms with Gasteiger partial charge in [-0.05, 0) is 12.8 Å². The topological polar surface area (TPSA) is 75.7 Å². The second kappa shape index (κ2) is 8.31. The first-order valence-corrected chi connectivity index (χ1v) is 10.3. The predicted octanol–water partition coefficient (Wildman–Crippen LogP) is 3.24. The molecule has 0 spiro atoms. The Hall–Kier alpha value is -2.13. The number of likely N-dealkylation sites (N-methyl/N-ethyl adjacent to an activating group) is 1. The van der Waals surface area contributed by atoms with Gasteiger partial charge in [0.25, 0.3) is 0 Å². The lowest BCUT2D eigenvalue weighted by Gasteiger charge is -2.40. The number of aromatic nitrogens is 4. The summed E-state index contributed by atoms with van der Waals surface area (Å²) in [6, 6.07) is 1.60. The Kier molecular flexibility index (Phi) is 5.78. The second-order valence-electron chi connectivity index (χ2n) is 8.59. The Balaban J connectivity index is 1.41. The van der Waals surface area contributed by atoms with E-state index in [1.54, 1.807) is 12.3 Å². The third-order valence-electron chi connectivity index (χ3n) is 6.11. The van der Waals surface area contributed by atoms with Crippen molar-refractivity contribution in [3.05, 3.63) is 29.3 Å². The summed E-state index contributed by atoms with van der Waals surface area (Å²) in [6.45, 7) is 6.31. The van der Waals surface area contributed by atoms with Gasteiger partial charge in [0, 0.05) is 37.3 Å². The van der Waals surface area contributed by atoms with Crippen molar-refractivity contribution in [2.24, 2.45) is 5.92 Å². The molecule has 7 nitrogen and oxygen atoms in total. The van der Waals surface area contributed by atoms with Gasteiger partial charge in [0.2, 0.25) is 6.43 Å². The van der Waals surface area contributed by atoms with Crippen LogP contribution in [0.1, 0.15) is 42.8 Å². The molecular weight excluding hydrogens is 378 g/mol. The monoisotopic (exact) mass is 407 g/mol. The number of nitrogens with one attached hydrogen (secondary N) is 2. The Labute approximate surface area is 169 Å². The minimum absolute atomic E-state index is 0.398. The van der Waals surface area contributed by atoms with E-state index >= 15 is 0 Å². The zero-order chi connectivity index (χ0) is 20.4. The van der Waals surface area contributed by atoms with E-state index in [2.05, 4.69) is 27.5 Å². The molecule has 2 N–H and O–H groups in total. The van der Waals surface area contributed by atoms with Crippen LogP contribution in [0.5, 0.6) is 0 Å². The number of rotatable bonds is 6. The quantitative estimate of drug-likeness (QED) is 0.719. The maximum Gasteiger partial charge on any atom is 0.246 e. The molecule has 0 radical (unpaired) electrons. The molecule has 2 aromatic heterocycles. The lowest BCUT2D eigenvalue weighted by atomic mass is 9.97. The van der Waals surface area contributed by atoms with E-state index < -0.39 is 12.3 Å². The fourth-order valence-corrected chi connectivity index (χ4v) is 4.27. The van der Waals surface area contributed by atoms with Gasteiger partial charge in [-0.15, -0.1) is 0 Å². The molecule has 4 rings (SSSR count). The summed E-state index contributed by atoms with van der Waals surface area (Å²) in [4.78, 5) is 9.36. The summed E-state index contributed by atoms with van der Waals surface area (Å²) in [5, 5.41) is 9.81. The lowest BCUT2D eigenvalue weighted by Crippen LogP contribution is -2.51. The van der Waals surface area contributed by atoms with Crippen molar-refractivity contribution in [2.45, 2.75) is 45.1 Å². The van der Waals surface area contributed by atoms with Crippen molar-refractivity contribution in [2.75, 3.05) is 38.7 Å². The molecule has 2 aromatic rings. The van der Waals surface area contributed by atoms with E-state index in [1.807, 2.05) is 0 Å². The van der Waals surface area contributed by atoms with Crippen LogP contribution in [0.4, 0.5) is 20.4 Å². The molecule has 1 saturated heterocycles. The van der Waals surface area contributed by atoms with Gasteiger partial charge < -0.3 is 14.5 Å². The SMILES string of the molecule is CC(c1cc(Nc2cnc3c(n2)CC[N+](C)(CC2CCOCC2)C3)n[nH]1)C(F)F. The molecule has 2 unspecified atom stereocenters. The second-order valence-corrected chi connectivity index (χ2v) is 8.59. The molecule has 0 aliphatic carbocycles. The van der Waals surface area contributed by atoms with Gasteiger partial charge in [-0.1, -0.05) is 6.92 Å². The van der Waals surface area contributed by atoms with Gasteiger partial charge in [0.05, 0.1) is 37.9 Å². The van der Waals surface area contributed by atoms with Gasteiger partial charge >= 0.3 is 0 Å². The van der Waals surface area contributed by atoms with Crippen LogP contribution in [0.15, 0.2) is 12.3 Å². The molecule has 0 bridgehead atoms. The highest BCUT2D eigenvalue weighted by atomic mass is 19.3. The molecule has 0 saturated carbocycles. The number of fused-ring (bicyclic) bond motifs is 1. The average molecular weight is 407 g/mol. The number of hydrogen-bond acceptors (Lipinski definition) is 5. The van der Waals surface area contributed by atoms with Gasteiger partial charge in [-0.2, -0.15) is 5.10 Å². The molecule has 2 aliphatic heterocycles. The van der Waals surface area contributed by atoms with Crippen molar-refractivity contribution in [3.63, 3.8) is 0 Å². The molecule has 0 aromatic carbocycles. The summed E-state index contributed by atoms with van der Waals surface area (Å²) >= 11 is 0. The van der Waals surface area contributed by atoms with Crippen LogP contribution >= 0.6 is 0 Å². The number of anilines is 2. The van der Waals surface area contributed by atoms with Crippen molar-refractivity contribution < 1.29 is 18.0 Å². The Morgan fingerprint density at radius 2 is 2.07 bits per heavy atom. The van der Waals surface area contributed by atoms with E-state index in [0.29, 0.717) is 23.2 Å². The zero-order valence-corrected chi connectivity index (χ0v) is 17.0. The van der Waals surface area contributed by atoms with Crippen LogP contribution in [0.25, 0.3) is 0 Å². The number of halogens is 2. The number of ether oxygens (including phenoxy) is 1. The van der Waals surface area contributed by atoms with Crippen LogP contribution in [-0.4, -0.2) is 64.4 Å². The van der Waals surface area contributed by atoms with Crippen LogP contribution in [0.3, 0.4) is 0 Å². The molecule has 2 atom stereocenters. The lowest BCUT2D eigenvalue weighted by molar-refractivity contribution is -0.928. The average Bonchev–Trinajstić information content (AvgIpc) is 3.16. The summed E-state index contributed by atoms with van der Waals surface area (Å²) in [7, 11) is 2.31. The summed E-state index contributed by atoms with van der Waals surface area (Å²) in [5.74, 6) is 0.886. The summed E-state index contributed by atoms with van der Waals surface area (Å²) in [5.41, 5.74) is 2.45. The first-order valence-electron chi connectivity index (χ1n) is 10.3. The smallest absolute Gasteiger partial charge is 0.246 e. The standard InChI is InChI=1S/C20H29F2N6O/c1-13(20(21)22)16-9-18(27-26-16)25-19-10-23-17-12-28(2,6-3-15(17)24-19)11-14-4-7-29-8-5-14/h9-10,13-14,20H,3-8,11-12H2,1-2H3,(H2,24,25,26,27)/q+1. The maximum atomic E-state index is 12.9. The highest BCUT2D eigenvalue weighted by Gasteiger charge is 2.33. The first-order chi connectivity index (χ1) is 13.9. The van der Waals surface area contributed by atoms with Gasteiger partial charge in [-0.25, -0.2) is 18.7 Å². The predicted molar refractivity (Wildman–Crippen MR) is 105 cm³/mol. The highest BCUT2D eigenvalue weighted by Crippen LogP contribution is 2.27. The molecule has 9 heteroatoms. The number of H-pyrrole nitrogens is 1. The van der Waals surface area contributed by atoms with E-state index in [0.717, 1.165) is 68.0 Å². The number of hydrogen-bond donors (Lipinski definition) is 2. The summed E-state index contributed by atoms with van der Waals surface area (Å²) in [6.07, 6.45) is 2.44. The molecule has 2 aliphatic rings. The van der Waals surface area contributed by atoms with Crippen molar-refractivity contribution in [3.8, 4) is 0 Å². The fourth-order valence-electron chi connectivity index (χ4n) is 4.27. The highest BCUT2D eigenvalue weighted by molar-refractivity contribution is 5.51. The largest absolute Gasteiger partial charge is 0.381 e. The number of aromatic amines is 1.